The zero-order valence-electron chi connectivity index (χ0n) is 8.73. The van der Waals surface area contributed by atoms with E-state index in [1.54, 1.807) is 13.1 Å². The van der Waals surface area contributed by atoms with Crippen LogP contribution in [0, 0.1) is 0 Å². The first kappa shape index (κ1) is 10.1. The molecule has 1 aliphatic rings. The maximum Gasteiger partial charge on any atom is 0.313 e. The van der Waals surface area contributed by atoms with Crippen molar-refractivity contribution in [3.05, 3.63) is 23.3 Å². The van der Waals surface area contributed by atoms with Crippen molar-refractivity contribution in [2.75, 3.05) is 0 Å². The number of carboxylic acids is 1. The predicted molar refractivity (Wildman–Crippen MR) is 54.7 cm³/mol. The van der Waals surface area contributed by atoms with Gasteiger partial charge in [0, 0.05) is 11.9 Å². The van der Waals surface area contributed by atoms with Crippen LogP contribution in [-0.4, -0.2) is 21.0 Å². The van der Waals surface area contributed by atoms with E-state index in [9.17, 15) is 4.79 Å². The predicted octanol–water partition coefficient (Wildman–Crippen LogP) is 1.54. The zero-order chi connectivity index (χ0) is 10.8. The fourth-order valence-electron chi connectivity index (χ4n) is 1.81. The van der Waals surface area contributed by atoms with Crippen LogP contribution < -0.4 is 0 Å². The fraction of sp³-hybridized carbons (Fsp3) is 0.545. The molecule has 80 valence electrons. The van der Waals surface area contributed by atoms with Gasteiger partial charge in [0.15, 0.2) is 0 Å². The number of hydrogen-bond donors (Lipinski definition) is 1. The standard InChI is InChI=1S/C11H14N2O2/c1-7(11(14)15)10-12-6-8-4-2-3-5-9(8)13-10/h6-7H,2-5H2,1H3,(H,14,15). The summed E-state index contributed by atoms with van der Waals surface area (Å²) in [6.07, 6.45) is 6.10. The Balaban J connectivity index is 2.31. The van der Waals surface area contributed by atoms with Crippen LogP contribution in [0.15, 0.2) is 6.20 Å². The van der Waals surface area contributed by atoms with Crippen LogP contribution in [0.4, 0.5) is 0 Å². The molecule has 0 bridgehead atoms. The third-order valence-corrected chi connectivity index (χ3v) is 2.84. The van der Waals surface area contributed by atoms with E-state index in [1.165, 1.54) is 12.0 Å². The van der Waals surface area contributed by atoms with Crippen LogP contribution in [0.3, 0.4) is 0 Å². The Bertz CT molecular complexity index is 390. The maximum atomic E-state index is 10.8. The lowest BCUT2D eigenvalue weighted by Gasteiger charge is -2.15. The summed E-state index contributed by atoms with van der Waals surface area (Å²) in [6.45, 7) is 1.62. The molecule has 1 aliphatic carbocycles. The van der Waals surface area contributed by atoms with E-state index in [4.69, 9.17) is 5.11 Å². The number of hydrogen-bond acceptors (Lipinski definition) is 3. The number of aryl methyl sites for hydroxylation is 2. The Kier molecular flexibility index (Phi) is 2.66. The monoisotopic (exact) mass is 206 g/mol. The van der Waals surface area contributed by atoms with E-state index >= 15 is 0 Å². The summed E-state index contributed by atoms with van der Waals surface area (Å²) < 4.78 is 0. The van der Waals surface area contributed by atoms with Crippen molar-refractivity contribution in [2.45, 2.75) is 38.5 Å². The number of nitrogens with zero attached hydrogens (tertiary/aromatic N) is 2. The summed E-state index contributed by atoms with van der Waals surface area (Å²) in [5, 5.41) is 8.86. The number of fused-ring (bicyclic) bond motifs is 1. The van der Waals surface area contributed by atoms with Crippen molar-refractivity contribution < 1.29 is 9.90 Å². The van der Waals surface area contributed by atoms with E-state index in [0.717, 1.165) is 25.0 Å². The summed E-state index contributed by atoms with van der Waals surface area (Å²) in [6, 6.07) is 0. The molecule has 1 atom stereocenters. The molecular formula is C11H14N2O2. The third kappa shape index (κ3) is 1.98. The Morgan fingerprint density at radius 2 is 2.20 bits per heavy atom. The molecule has 1 aromatic rings. The van der Waals surface area contributed by atoms with Gasteiger partial charge in [-0.2, -0.15) is 0 Å². The van der Waals surface area contributed by atoms with E-state index < -0.39 is 11.9 Å². The molecule has 1 N–H and O–H groups in total. The van der Waals surface area contributed by atoms with E-state index in [2.05, 4.69) is 9.97 Å². The molecule has 1 heterocycles. The van der Waals surface area contributed by atoms with E-state index in [0.29, 0.717) is 5.82 Å². The van der Waals surface area contributed by atoms with Crippen LogP contribution in [-0.2, 0) is 17.6 Å². The third-order valence-electron chi connectivity index (χ3n) is 2.84. The van der Waals surface area contributed by atoms with Gasteiger partial charge in [-0.15, -0.1) is 0 Å². The van der Waals surface area contributed by atoms with E-state index in [1.807, 2.05) is 0 Å². The van der Waals surface area contributed by atoms with Gasteiger partial charge in [-0.1, -0.05) is 0 Å². The van der Waals surface area contributed by atoms with Crippen LogP contribution in [0.25, 0.3) is 0 Å². The highest BCUT2D eigenvalue weighted by atomic mass is 16.4. The normalized spacial score (nSPS) is 16.9. The van der Waals surface area contributed by atoms with Gasteiger partial charge in [-0.25, -0.2) is 9.97 Å². The molecule has 0 radical (unpaired) electrons. The lowest BCUT2D eigenvalue weighted by molar-refractivity contribution is -0.138. The zero-order valence-corrected chi connectivity index (χ0v) is 8.73. The van der Waals surface area contributed by atoms with Crippen LogP contribution in [0.2, 0.25) is 0 Å². The first-order valence-electron chi connectivity index (χ1n) is 5.26. The molecule has 0 aromatic carbocycles. The molecule has 0 saturated carbocycles. The second-order valence-corrected chi connectivity index (χ2v) is 3.97. The smallest absolute Gasteiger partial charge is 0.313 e. The summed E-state index contributed by atoms with van der Waals surface area (Å²) in [4.78, 5) is 19.3. The summed E-state index contributed by atoms with van der Waals surface area (Å²) in [5.41, 5.74) is 2.22. The SMILES string of the molecule is CC(C(=O)O)c1ncc2c(n1)CCCC2. The Morgan fingerprint density at radius 3 is 2.93 bits per heavy atom. The van der Waals surface area contributed by atoms with Gasteiger partial charge in [0.1, 0.15) is 11.7 Å². The molecule has 0 amide bonds. The van der Waals surface area contributed by atoms with Crippen molar-refractivity contribution >= 4 is 5.97 Å². The highest BCUT2D eigenvalue weighted by Gasteiger charge is 2.19. The molecular weight excluding hydrogens is 192 g/mol. The highest BCUT2D eigenvalue weighted by Crippen LogP contribution is 2.20. The topological polar surface area (TPSA) is 63.1 Å². The van der Waals surface area contributed by atoms with Crippen molar-refractivity contribution in [2.24, 2.45) is 0 Å². The lowest BCUT2D eigenvalue weighted by Crippen LogP contribution is -2.15. The van der Waals surface area contributed by atoms with Gasteiger partial charge in [0.05, 0.1) is 0 Å². The van der Waals surface area contributed by atoms with Gasteiger partial charge in [-0.05, 0) is 38.2 Å². The first-order chi connectivity index (χ1) is 7.18. The summed E-state index contributed by atoms with van der Waals surface area (Å²) in [5.74, 6) is -1.05. The number of carboxylic acid groups (broad SMARTS) is 1. The molecule has 4 heteroatoms. The van der Waals surface area contributed by atoms with E-state index in [-0.39, 0.29) is 0 Å². The number of carbonyl (C=O) groups is 1. The van der Waals surface area contributed by atoms with Crippen molar-refractivity contribution in [3.8, 4) is 0 Å². The van der Waals surface area contributed by atoms with Crippen LogP contribution >= 0.6 is 0 Å². The average Bonchev–Trinajstić information content (AvgIpc) is 2.27. The fourth-order valence-corrected chi connectivity index (χ4v) is 1.81. The van der Waals surface area contributed by atoms with Gasteiger partial charge < -0.3 is 5.11 Å². The minimum atomic E-state index is -0.870. The maximum absolute atomic E-state index is 10.8. The first-order valence-corrected chi connectivity index (χ1v) is 5.26. The second kappa shape index (κ2) is 3.96. The summed E-state index contributed by atoms with van der Waals surface area (Å²) in [7, 11) is 0. The lowest BCUT2D eigenvalue weighted by atomic mass is 9.97. The Hall–Kier alpha value is -1.45. The van der Waals surface area contributed by atoms with Gasteiger partial charge >= 0.3 is 5.97 Å². The largest absolute Gasteiger partial charge is 0.481 e. The van der Waals surface area contributed by atoms with Crippen molar-refractivity contribution in [3.63, 3.8) is 0 Å². The molecule has 2 rings (SSSR count). The minimum absolute atomic E-state index is 0.433. The summed E-state index contributed by atoms with van der Waals surface area (Å²) >= 11 is 0. The van der Waals surface area contributed by atoms with Crippen LogP contribution in [0.1, 0.15) is 42.8 Å². The number of aromatic nitrogens is 2. The molecule has 15 heavy (non-hydrogen) atoms. The molecule has 1 unspecified atom stereocenters. The highest BCUT2D eigenvalue weighted by molar-refractivity contribution is 5.74. The number of aliphatic carboxylic acids is 1. The van der Waals surface area contributed by atoms with Gasteiger partial charge in [0.25, 0.3) is 0 Å². The number of rotatable bonds is 2. The van der Waals surface area contributed by atoms with Crippen LogP contribution in [0.5, 0.6) is 0 Å². The second-order valence-electron chi connectivity index (χ2n) is 3.97. The molecule has 0 fully saturated rings. The van der Waals surface area contributed by atoms with Gasteiger partial charge in [-0.3, -0.25) is 4.79 Å². The Labute approximate surface area is 88.4 Å². The Morgan fingerprint density at radius 1 is 1.47 bits per heavy atom. The molecule has 0 spiro atoms. The average molecular weight is 206 g/mol. The van der Waals surface area contributed by atoms with Crippen molar-refractivity contribution in [1.82, 2.24) is 9.97 Å². The molecule has 4 nitrogen and oxygen atoms in total. The molecule has 1 aromatic heterocycles. The van der Waals surface area contributed by atoms with Crippen molar-refractivity contribution in [1.29, 1.82) is 0 Å². The quantitative estimate of drug-likeness (QED) is 0.797. The molecule has 0 saturated heterocycles. The molecule has 0 aliphatic heterocycles. The minimum Gasteiger partial charge on any atom is -0.481 e. The van der Waals surface area contributed by atoms with Gasteiger partial charge in [0.2, 0.25) is 0 Å².